The van der Waals surface area contributed by atoms with Crippen molar-refractivity contribution in [3.8, 4) is 0 Å². The molecule has 0 bridgehead atoms. The third-order valence-electron chi connectivity index (χ3n) is 2.81. The molecule has 0 saturated heterocycles. The summed E-state index contributed by atoms with van der Waals surface area (Å²) in [6.45, 7) is 1.57. The molecule has 0 saturated carbocycles. The lowest BCUT2D eigenvalue weighted by Gasteiger charge is -2.18. The van der Waals surface area contributed by atoms with Crippen LogP contribution in [0.25, 0.3) is 0 Å². The maximum absolute atomic E-state index is 11.3. The number of nitrogens with zero attached hydrogens (tertiary/aromatic N) is 1. The van der Waals surface area contributed by atoms with E-state index in [0.717, 1.165) is 23.5 Å². The van der Waals surface area contributed by atoms with Crippen LogP contribution in [-0.4, -0.2) is 44.0 Å². The topological polar surface area (TPSA) is 41.6 Å². The van der Waals surface area contributed by atoms with Gasteiger partial charge in [0.2, 0.25) is 5.91 Å². The minimum atomic E-state index is 0.0844. The van der Waals surface area contributed by atoms with Gasteiger partial charge in [0.15, 0.2) is 0 Å². The Balaban J connectivity index is 1.98. The standard InChI is InChI=1S/C13H18N2O2S/c1-15(9-17-2)6-5-10-3-4-12-11(7-10)14-13(16)8-18-12/h3-4,7H,5-6,8-9H2,1-2H3,(H,14,16). The average molecular weight is 266 g/mol. The van der Waals surface area contributed by atoms with Crippen molar-refractivity contribution >= 4 is 23.4 Å². The second kappa shape index (κ2) is 6.22. The van der Waals surface area contributed by atoms with E-state index in [4.69, 9.17) is 4.74 Å². The molecule has 0 aromatic heterocycles. The van der Waals surface area contributed by atoms with E-state index in [0.29, 0.717) is 12.5 Å². The molecule has 0 unspecified atom stereocenters. The van der Waals surface area contributed by atoms with Crippen LogP contribution in [0.2, 0.25) is 0 Å². The zero-order valence-corrected chi connectivity index (χ0v) is 11.5. The van der Waals surface area contributed by atoms with Crippen LogP contribution >= 0.6 is 11.8 Å². The number of nitrogens with one attached hydrogen (secondary N) is 1. The first-order valence-corrected chi connectivity index (χ1v) is 6.90. The zero-order chi connectivity index (χ0) is 13.0. The third kappa shape index (κ3) is 3.48. The predicted molar refractivity (Wildman–Crippen MR) is 74.0 cm³/mol. The number of fused-ring (bicyclic) bond motifs is 1. The Kier molecular flexibility index (Phi) is 4.63. The SMILES string of the molecule is COCN(C)CCc1ccc2c(c1)NC(=O)CS2. The molecule has 0 spiro atoms. The van der Waals surface area contributed by atoms with Gasteiger partial charge in [0.05, 0.1) is 18.2 Å². The zero-order valence-electron chi connectivity index (χ0n) is 10.7. The number of carbonyl (C=O) groups excluding carboxylic acids is 1. The monoisotopic (exact) mass is 266 g/mol. The summed E-state index contributed by atoms with van der Waals surface area (Å²) >= 11 is 1.60. The third-order valence-corrected chi connectivity index (χ3v) is 3.88. The van der Waals surface area contributed by atoms with E-state index < -0.39 is 0 Å². The van der Waals surface area contributed by atoms with Crippen LogP contribution < -0.4 is 5.32 Å². The van der Waals surface area contributed by atoms with E-state index in [2.05, 4.69) is 28.4 Å². The Morgan fingerprint density at radius 1 is 1.50 bits per heavy atom. The van der Waals surface area contributed by atoms with Gasteiger partial charge in [-0.2, -0.15) is 0 Å². The summed E-state index contributed by atoms with van der Waals surface area (Å²) in [5, 5.41) is 2.91. The fraction of sp³-hybridized carbons (Fsp3) is 0.462. The number of ether oxygens (including phenoxy) is 1. The van der Waals surface area contributed by atoms with Gasteiger partial charge in [-0.1, -0.05) is 6.07 Å². The molecule has 0 radical (unpaired) electrons. The quantitative estimate of drug-likeness (QED) is 0.825. The Hall–Kier alpha value is -1.04. The van der Waals surface area contributed by atoms with Gasteiger partial charge >= 0.3 is 0 Å². The summed E-state index contributed by atoms with van der Waals surface area (Å²) in [4.78, 5) is 14.6. The van der Waals surface area contributed by atoms with Gasteiger partial charge in [0.25, 0.3) is 0 Å². The molecule has 0 atom stereocenters. The van der Waals surface area contributed by atoms with Crippen molar-refractivity contribution in [3.63, 3.8) is 0 Å². The molecular weight excluding hydrogens is 248 g/mol. The number of thioether (sulfide) groups is 1. The molecule has 4 nitrogen and oxygen atoms in total. The Bertz CT molecular complexity index is 437. The van der Waals surface area contributed by atoms with Crippen molar-refractivity contribution in [2.75, 3.05) is 38.5 Å². The second-order valence-corrected chi connectivity index (χ2v) is 5.43. The number of methoxy groups -OCH3 is 1. The van der Waals surface area contributed by atoms with Gasteiger partial charge in [-0.25, -0.2) is 0 Å². The number of benzene rings is 1. The first-order valence-electron chi connectivity index (χ1n) is 5.92. The van der Waals surface area contributed by atoms with Crippen molar-refractivity contribution in [3.05, 3.63) is 23.8 Å². The minimum Gasteiger partial charge on any atom is -0.369 e. The van der Waals surface area contributed by atoms with Gasteiger partial charge in [-0.05, 0) is 31.2 Å². The smallest absolute Gasteiger partial charge is 0.234 e. The van der Waals surface area contributed by atoms with E-state index in [1.165, 1.54) is 5.56 Å². The fourth-order valence-electron chi connectivity index (χ4n) is 1.89. The summed E-state index contributed by atoms with van der Waals surface area (Å²) in [5.41, 5.74) is 2.18. The lowest BCUT2D eigenvalue weighted by atomic mass is 10.1. The van der Waals surface area contributed by atoms with Crippen LogP contribution in [0, 0.1) is 0 Å². The van der Waals surface area contributed by atoms with Crippen LogP contribution in [0.5, 0.6) is 0 Å². The minimum absolute atomic E-state index is 0.0844. The normalized spacial score (nSPS) is 14.5. The number of carbonyl (C=O) groups is 1. The van der Waals surface area contributed by atoms with Crippen molar-refractivity contribution in [2.45, 2.75) is 11.3 Å². The van der Waals surface area contributed by atoms with Crippen molar-refractivity contribution in [1.82, 2.24) is 4.90 Å². The number of hydrogen-bond acceptors (Lipinski definition) is 4. The number of anilines is 1. The Morgan fingerprint density at radius 2 is 2.33 bits per heavy atom. The molecule has 1 heterocycles. The highest BCUT2D eigenvalue weighted by Gasteiger charge is 2.15. The number of likely N-dealkylation sites (N-methyl/N-ethyl adjacent to an activating group) is 1. The van der Waals surface area contributed by atoms with Gasteiger partial charge in [0, 0.05) is 18.6 Å². The molecule has 98 valence electrons. The highest BCUT2D eigenvalue weighted by molar-refractivity contribution is 8.00. The lowest BCUT2D eigenvalue weighted by molar-refractivity contribution is -0.113. The van der Waals surface area contributed by atoms with Crippen molar-refractivity contribution in [1.29, 1.82) is 0 Å². The van der Waals surface area contributed by atoms with Crippen LogP contribution in [0.1, 0.15) is 5.56 Å². The Labute approximate surface area is 112 Å². The van der Waals surface area contributed by atoms with E-state index >= 15 is 0 Å². The fourth-order valence-corrected chi connectivity index (χ4v) is 2.68. The molecule has 0 aliphatic carbocycles. The second-order valence-electron chi connectivity index (χ2n) is 4.41. The summed E-state index contributed by atoms with van der Waals surface area (Å²) in [6.07, 6.45) is 0.952. The van der Waals surface area contributed by atoms with Crippen LogP contribution in [0.4, 0.5) is 5.69 Å². The number of amides is 1. The number of rotatable bonds is 5. The predicted octanol–water partition coefficient (Wildman–Crippen LogP) is 1.81. The molecule has 18 heavy (non-hydrogen) atoms. The van der Waals surface area contributed by atoms with E-state index in [-0.39, 0.29) is 5.91 Å². The van der Waals surface area contributed by atoms with E-state index in [1.807, 2.05) is 7.05 Å². The van der Waals surface area contributed by atoms with Crippen molar-refractivity contribution < 1.29 is 9.53 Å². The molecule has 1 aromatic rings. The van der Waals surface area contributed by atoms with Gasteiger partial charge in [0.1, 0.15) is 0 Å². The summed E-state index contributed by atoms with van der Waals surface area (Å²) in [6, 6.07) is 6.29. The maximum Gasteiger partial charge on any atom is 0.234 e. The van der Waals surface area contributed by atoms with Crippen LogP contribution in [0.15, 0.2) is 23.1 Å². The molecular formula is C13H18N2O2S. The molecule has 1 N–H and O–H groups in total. The Morgan fingerprint density at radius 3 is 3.11 bits per heavy atom. The van der Waals surface area contributed by atoms with Gasteiger partial charge in [-0.3, -0.25) is 9.69 Å². The maximum atomic E-state index is 11.3. The largest absolute Gasteiger partial charge is 0.369 e. The first-order chi connectivity index (χ1) is 8.69. The van der Waals surface area contributed by atoms with E-state index in [9.17, 15) is 4.79 Å². The van der Waals surface area contributed by atoms with Gasteiger partial charge in [-0.15, -0.1) is 11.8 Å². The highest BCUT2D eigenvalue weighted by atomic mass is 32.2. The first kappa shape index (κ1) is 13.4. The molecule has 0 fully saturated rings. The molecule has 1 aliphatic heterocycles. The summed E-state index contributed by atoms with van der Waals surface area (Å²) < 4.78 is 5.06. The van der Waals surface area contributed by atoms with Crippen LogP contribution in [0.3, 0.4) is 0 Å². The van der Waals surface area contributed by atoms with E-state index in [1.54, 1.807) is 18.9 Å². The lowest BCUT2D eigenvalue weighted by Crippen LogP contribution is -2.23. The molecule has 1 aromatic carbocycles. The summed E-state index contributed by atoms with van der Waals surface area (Å²) in [5.74, 6) is 0.601. The van der Waals surface area contributed by atoms with Crippen LogP contribution in [-0.2, 0) is 16.0 Å². The number of hydrogen-bond donors (Lipinski definition) is 1. The molecule has 1 amide bonds. The van der Waals surface area contributed by atoms with Gasteiger partial charge < -0.3 is 10.1 Å². The van der Waals surface area contributed by atoms with Crippen molar-refractivity contribution in [2.24, 2.45) is 0 Å². The summed E-state index contributed by atoms with van der Waals surface area (Å²) in [7, 11) is 3.72. The molecule has 2 rings (SSSR count). The highest BCUT2D eigenvalue weighted by Crippen LogP contribution is 2.31. The molecule has 1 aliphatic rings. The molecule has 5 heteroatoms. The average Bonchev–Trinajstić information content (AvgIpc) is 2.36.